The minimum atomic E-state index is -0.0328. The summed E-state index contributed by atoms with van der Waals surface area (Å²) in [6.07, 6.45) is 3.85. The number of hydrogen-bond acceptors (Lipinski definition) is 7. The summed E-state index contributed by atoms with van der Waals surface area (Å²) >= 11 is 6.24. The number of hydrogen-bond donors (Lipinski definition) is 1. The van der Waals surface area contributed by atoms with Gasteiger partial charge >= 0.3 is 6.01 Å². The SMILES string of the molecule is COc1ncc(Cl)c(N2C[C@H](OC)C[C@H]2c2ncn[nH]2)n1. The molecular weight excluding hydrogens is 296 g/mol. The summed E-state index contributed by atoms with van der Waals surface area (Å²) in [6.45, 7) is 0.655. The van der Waals surface area contributed by atoms with Gasteiger partial charge in [-0.05, 0) is 0 Å². The van der Waals surface area contributed by atoms with Crippen LogP contribution in [0.3, 0.4) is 0 Å². The van der Waals surface area contributed by atoms with Gasteiger partial charge in [0.2, 0.25) is 0 Å². The van der Waals surface area contributed by atoms with E-state index in [0.717, 1.165) is 12.2 Å². The summed E-state index contributed by atoms with van der Waals surface area (Å²) in [5.41, 5.74) is 0. The van der Waals surface area contributed by atoms with Gasteiger partial charge in [0, 0.05) is 20.1 Å². The molecular formula is C12H15ClN6O2. The van der Waals surface area contributed by atoms with E-state index >= 15 is 0 Å². The van der Waals surface area contributed by atoms with Crippen molar-refractivity contribution in [2.45, 2.75) is 18.6 Å². The Morgan fingerprint density at radius 1 is 1.38 bits per heavy atom. The number of methoxy groups -OCH3 is 2. The normalized spacial score (nSPS) is 21.8. The van der Waals surface area contributed by atoms with Crippen LogP contribution in [0.2, 0.25) is 5.02 Å². The van der Waals surface area contributed by atoms with Crippen LogP contribution in [-0.2, 0) is 4.74 Å². The maximum absolute atomic E-state index is 6.24. The number of aromatic nitrogens is 5. The third-order valence-corrected chi connectivity index (χ3v) is 3.77. The maximum atomic E-state index is 6.24. The molecule has 0 bridgehead atoms. The van der Waals surface area contributed by atoms with Gasteiger partial charge in [0.05, 0.1) is 25.5 Å². The van der Waals surface area contributed by atoms with Crippen LogP contribution < -0.4 is 9.64 Å². The van der Waals surface area contributed by atoms with Crippen LogP contribution in [0.15, 0.2) is 12.5 Å². The van der Waals surface area contributed by atoms with Crippen molar-refractivity contribution in [2.24, 2.45) is 0 Å². The van der Waals surface area contributed by atoms with Crippen LogP contribution in [0.1, 0.15) is 18.3 Å². The number of nitrogens with one attached hydrogen (secondary N) is 1. The van der Waals surface area contributed by atoms with Gasteiger partial charge in [0.25, 0.3) is 0 Å². The van der Waals surface area contributed by atoms with Gasteiger partial charge in [-0.15, -0.1) is 0 Å². The molecule has 3 heterocycles. The van der Waals surface area contributed by atoms with E-state index in [-0.39, 0.29) is 18.2 Å². The Morgan fingerprint density at radius 3 is 2.90 bits per heavy atom. The molecule has 0 radical (unpaired) electrons. The molecule has 21 heavy (non-hydrogen) atoms. The molecule has 1 N–H and O–H groups in total. The average Bonchev–Trinajstić information content (AvgIpc) is 3.16. The fourth-order valence-corrected chi connectivity index (χ4v) is 2.68. The van der Waals surface area contributed by atoms with Crippen molar-refractivity contribution in [1.29, 1.82) is 0 Å². The second-order valence-corrected chi connectivity index (χ2v) is 5.07. The molecule has 0 aliphatic carbocycles. The number of nitrogens with zero attached hydrogens (tertiary/aromatic N) is 5. The van der Waals surface area contributed by atoms with Gasteiger partial charge in [-0.1, -0.05) is 11.6 Å². The summed E-state index contributed by atoms with van der Waals surface area (Å²) in [4.78, 5) is 14.6. The van der Waals surface area contributed by atoms with Gasteiger partial charge in [-0.25, -0.2) is 9.97 Å². The maximum Gasteiger partial charge on any atom is 0.318 e. The number of anilines is 1. The molecule has 2 atom stereocenters. The summed E-state index contributed by atoms with van der Waals surface area (Å²) in [5.74, 6) is 1.35. The fourth-order valence-electron chi connectivity index (χ4n) is 2.48. The Hall–Kier alpha value is -1.93. The molecule has 0 amide bonds. The van der Waals surface area contributed by atoms with Gasteiger partial charge in [0.1, 0.15) is 17.2 Å². The molecule has 0 aromatic carbocycles. The Morgan fingerprint density at radius 2 is 2.24 bits per heavy atom. The van der Waals surface area contributed by atoms with Crippen molar-refractivity contribution >= 4 is 17.4 Å². The van der Waals surface area contributed by atoms with Crippen LogP contribution >= 0.6 is 11.6 Å². The zero-order valence-electron chi connectivity index (χ0n) is 11.7. The third-order valence-electron chi connectivity index (χ3n) is 3.50. The third kappa shape index (κ3) is 2.64. The first-order chi connectivity index (χ1) is 10.2. The Kier molecular flexibility index (Phi) is 3.89. The van der Waals surface area contributed by atoms with Crippen molar-refractivity contribution in [3.63, 3.8) is 0 Å². The average molecular weight is 311 g/mol. The van der Waals surface area contributed by atoms with E-state index in [1.54, 1.807) is 7.11 Å². The van der Waals surface area contributed by atoms with E-state index in [2.05, 4.69) is 25.1 Å². The van der Waals surface area contributed by atoms with Crippen LogP contribution in [-0.4, -0.2) is 52.0 Å². The van der Waals surface area contributed by atoms with Crippen molar-refractivity contribution < 1.29 is 9.47 Å². The summed E-state index contributed by atoms with van der Waals surface area (Å²) in [5, 5.41) is 7.26. The molecule has 112 valence electrons. The topological polar surface area (TPSA) is 89.0 Å². The van der Waals surface area contributed by atoms with E-state index < -0.39 is 0 Å². The lowest BCUT2D eigenvalue weighted by Gasteiger charge is -2.24. The number of aromatic amines is 1. The first-order valence-electron chi connectivity index (χ1n) is 6.44. The van der Waals surface area contributed by atoms with Gasteiger partial charge in [0.15, 0.2) is 5.82 Å². The highest BCUT2D eigenvalue weighted by Crippen LogP contribution is 2.38. The van der Waals surface area contributed by atoms with Crippen LogP contribution in [0.5, 0.6) is 6.01 Å². The molecule has 1 fully saturated rings. The van der Waals surface area contributed by atoms with Crippen molar-refractivity contribution in [2.75, 3.05) is 25.7 Å². The molecule has 0 unspecified atom stereocenters. The smallest absolute Gasteiger partial charge is 0.318 e. The molecule has 0 saturated carbocycles. The first kappa shape index (κ1) is 14.0. The van der Waals surface area contributed by atoms with Crippen molar-refractivity contribution in [3.8, 4) is 6.01 Å². The lowest BCUT2D eigenvalue weighted by atomic mass is 10.2. The van der Waals surface area contributed by atoms with Crippen LogP contribution in [0.25, 0.3) is 0 Å². The van der Waals surface area contributed by atoms with Crippen molar-refractivity contribution in [1.82, 2.24) is 25.1 Å². The van der Waals surface area contributed by atoms with Gasteiger partial charge in [-0.2, -0.15) is 10.1 Å². The molecule has 0 spiro atoms. The predicted octanol–water partition coefficient (Wildman–Crippen LogP) is 1.22. The Labute approximate surface area is 126 Å². The lowest BCUT2D eigenvalue weighted by Crippen LogP contribution is -2.26. The number of halogens is 1. The van der Waals surface area contributed by atoms with Gasteiger partial charge in [-0.3, -0.25) is 5.10 Å². The molecule has 1 saturated heterocycles. The molecule has 3 rings (SSSR count). The minimum Gasteiger partial charge on any atom is -0.467 e. The molecule has 2 aromatic heterocycles. The van der Waals surface area contributed by atoms with Crippen LogP contribution in [0.4, 0.5) is 5.82 Å². The molecule has 1 aliphatic rings. The minimum absolute atomic E-state index is 0.0328. The summed E-state index contributed by atoms with van der Waals surface area (Å²) in [7, 11) is 3.21. The zero-order valence-corrected chi connectivity index (χ0v) is 12.4. The fraction of sp³-hybridized carbons (Fsp3) is 0.500. The highest BCUT2D eigenvalue weighted by atomic mass is 35.5. The standard InChI is InChI=1S/C12H15ClN6O2/c1-20-7-3-9(10-15-6-16-18-10)19(5-7)11-8(13)4-14-12(17-11)21-2/h4,6-7,9H,3,5H2,1-2H3,(H,15,16,18)/t7-,9+/m1/s1. The van der Waals surface area contributed by atoms with E-state index in [1.165, 1.54) is 19.6 Å². The zero-order chi connectivity index (χ0) is 14.8. The molecule has 1 aliphatic heterocycles. The summed E-state index contributed by atoms with van der Waals surface area (Å²) < 4.78 is 10.5. The largest absolute Gasteiger partial charge is 0.467 e. The van der Waals surface area contributed by atoms with E-state index in [1.807, 2.05) is 4.90 Å². The van der Waals surface area contributed by atoms with Gasteiger partial charge < -0.3 is 14.4 Å². The highest BCUT2D eigenvalue weighted by Gasteiger charge is 2.37. The number of ether oxygens (including phenoxy) is 2. The highest BCUT2D eigenvalue weighted by molar-refractivity contribution is 6.32. The van der Waals surface area contributed by atoms with E-state index in [4.69, 9.17) is 21.1 Å². The van der Waals surface area contributed by atoms with Crippen LogP contribution in [0, 0.1) is 0 Å². The number of H-pyrrole nitrogens is 1. The second-order valence-electron chi connectivity index (χ2n) is 4.66. The molecule has 9 heteroatoms. The molecule has 8 nitrogen and oxygen atoms in total. The summed E-state index contributed by atoms with van der Waals surface area (Å²) in [6, 6.07) is 0.237. The Balaban J connectivity index is 1.98. The first-order valence-corrected chi connectivity index (χ1v) is 6.82. The van der Waals surface area contributed by atoms with Crippen molar-refractivity contribution in [3.05, 3.63) is 23.4 Å². The molecule has 2 aromatic rings. The van der Waals surface area contributed by atoms with E-state index in [9.17, 15) is 0 Å². The quantitative estimate of drug-likeness (QED) is 0.908. The second kappa shape index (κ2) is 5.82. The Bertz CT molecular complexity index is 608. The number of rotatable bonds is 4. The monoisotopic (exact) mass is 310 g/mol. The lowest BCUT2D eigenvalue weighted by molar-refractivity contribution is 0.118. The predicted molar refractivity (Wildman–Crippen MR) is 75.5 cm³/mol. The van der Waals surface area contributed by atoms with E-state index in [0.29, 0.717) is 17.4 Å².